The summed E-state index contributed by atoms with van der Waals surface area (Å²) in [5, 5.41) is 0. The summed E-state index contributed by atoms with van der Waals surface area (Å²) in [4.78, 5) is 0. The van der Waals surface area contributed by atoms with Crippen molar-refractivity contribution in [3.8, 4) is 0 Å². The predicted octanol–water partition coefficient (Wildman–Crippen LogP) is -3.52. The van der Waals surface area contributed by atoms with Crippen LogP contribution in [0.1, 0.15) is 2.85 Å². The van der Waals surface area contributed by atoms with Gasteiger partial charge < -0.3 is 8.33 Å². The van der Waals surface area contributed by atoms with Crippen LogP contribution in [0.25, 0.3) is 0 Å². The SMILES string of the molecule is O.[AlH3].[Ca+2].[H-].[H-].[O]=[Cr](=[O])([OH])[OH]. The standard InChI is InChI=1S/Al.Ca.Cr.3H2O.2O.5H/h;;;3*1H2;;;;;;;/q;2*+2;;;;;;;;;2*-1/p-2. The third-order valence-corrected chi connectivity index (χ3v) is 0. The summed E-state index contributed by atoms with van der Waals surface area (Å²) in [6.07, 6.45) is 0. The zero-order valence-electron chi connectivity index (χ0n) is 5.33. The normalized spacial score (nSPS) is 7.25. The Kier molecular flexibility index (Phi) is 24.8. The van der Waals surface area contributed by atoms with E-state index in [4.69, 9.17) is 15.9 Å². The minimum absolute atomic E-state index is 0. The molecule has 0 saturated heterocycles. The minimum atomic E-state index is -5.25. The average molecular weight is 208 g/mol. The monoisotopic (exact) mass is 208 g/mol. The molecule has 0 amide bonds. The topological polar surface area (TPSA) is 106 Å². The first-order valence-electron chi connectivity index (χ1n) is 0.698. The molecule has 0 aromatic heterocycles. The molecule has 4 N–H and O–H groups in total. The van der Waals surface area contributed by atoms with E-state index in [9.17, 15) is 0 Å². The van der Waals surface area contributed by atoms with Gasteiger partial charge in [0.2, 0.25) is 0 Å². The zero-order chi connectivity index (χ0) is 4.50. The van der Waals surface area contributed by atoms with Crippen molar-refractivity contribution >= 4 is 55.1 Å². The fraction of sp³-hybridized carbons (Fsp3) is 0. The molecular formula is H9AlCaCrO5. The van der Waals surface area contributed by atoms with Crippen molar-refractivity contribution in [3.63, 3.8) is 0 Å². The van der Waals surface area contributed by atoms with Crippen LogP contribution in [0.4, 0.5) is 0 Å². The first kappa shape index (κ1) is 22.6. The molecule has 0 aliphatic rings. The maximum absolute atomic E-state index is 8.82. The van der Waals surface area contributed by atoms with Crippen molar-refractivity contribution in [3.05, 3.63) is 0 Å². The van der Waals surface area contributed by atoms with Crippen molar-refractivity contribution in [1.29, 1.82) is 0 Å². The summed E-state index contributed by atoms with van der Waals surface area (Å²) in [5.41, 5.74) is 0. The summed E-state index contributed by atoms with van der Waals surface area (Å²) in [6.45, 7) is 0. The van der Waals surface area contributed by atoms with Crippen LogP contribution in [0.5, 0.6) is 0 Å². The Hall–Kier alpha value is 1.80. The summed E-state index contributed by atoms with van der Waals surface area (Å²) in [7, 11) is 0. The molecular weight excluding hydrogens is 199 g/mol. The molecule has 8 heteroatoms. The molecule has 0 atom stereocenters. The Morgan fingerprint density at radius 3 is 1.25 bits per heavy atom. The molecule has 0 rings (SSSR count). The second kappa shape index (κ2) is 8.80. The Morgan fingerprint density at radius 2 is 1.25 bits per heavy atom. The van der Waals surface area contributed by atoms with Crippen molar-refractivity contribution in [1.82, 2.24) is 0 Å². The quantitative estimate of drug-likeness (QED) is 0.402. The second-order valence-electron chi connectivity index (χ2n) is 0.448. The van der Waals surface area contributed by atoms with Crippen LogP contribution in [0.3, 0.4) is 0 Å². The van der Waals surface area contributed by atoms with Gasteiger partial charge in [0.25, 0.3) is 0 Å². The molecule has 0 heterocycles. The number of hydrogen-bond donors (Lipinski definition) is 2. The van der Waals surface area contributed by atoms with E-state index in [1.54, 1.807) is 0 Å². The molecule has 0 saturated carbocycles. The zero-order valence-corrected chi connectivity index (χ0v) is 6.81. The maximum atomic E-state index is 8.82. The van der Waals surface area contributed by atoms with E-state index >= 15 is 0 Å². The van der Waals surface area contributed by atoms with Crippen LogP contribution in [0, 0.1) is 0 Å². The van der Waals surface area contributed by atoms with E-state index in [0.29, 0.717) is 0 Å². The fourth-order valence-electron chi connectivity index (χ4n) is 0. The van der Waals surface area contributed by atoms with E-state index < -0.39 is 13.6 Å². The molecule has 0 aromatic carbocycles. The van der Waals surface area contributed by atoms with E-state index in [-0.39, 0.29) is 63.4 Å². The van der Waals surface area contributed by atoms with Crippen LogP contribution < -0.4 is 0 Å². The van der Waals surface area contributed by atoms with Gasteiger partial charge in [-0.1, -0.05) is 0 Å². The van der Waals surface area contributed by atoms with E-state index in [2.05, 4.69) is 0 Å². The summed E-state index contributed by atoms with van der Waals surface area (Å²) >= 11 is -5.25. The van der Waals surface area contributed by atoms with Crippen LogP contribution in [0.15, 0.2) is 0 Å². The van der Waals surface area contributed by atoms with Gasteiger partial charge >= 0.3 is 67.3 Å². The van der Waals surface area contributed by atoms with Crippen molar-refractivity contribution in [2.24, 2.45) is 0 Å². The van der Waals surface area contributed by atoms with Gasteiger partial charge in [0, 0.05) is 0 Å². The molecule has 50 valence electrons. The Bertz CT molecular complexity index is 103. The van der Waals surface area contributed by atoms with Crippen LogP contribution in [0.2, 0.25) is 0 Å². The second-order valence-corrected chi connectivity index (χ2v) is 1.85. The molecule has 0 spiro atoms. The molecule has 0 aliphatic carbocycles. The van der Waals surface area contributed by atoms with Gasteiger partial charge in [0.05, 0.1) is 0 Å². The predicted molar refractivity (Wildman–Crippen MR) is 27.3 cm³/mol. The summed E-state index contributed by atoms with van der Waals surface area (Å²) < 4.78 is 31.9. The molecule has 0 fully saturated rings. The summed E-state index contributed by atoms with van der Waals surface area (Å²) in [6, 6.07) is 0. The van der Waals surface area contributed by atoms with Crippen molar-refractivity contribution < 1.29 is 37.9 Å². The van der Waals surface area contributed by atoms with Gasteiger partial charge in [0.15, 0.2) is 17.4 Å². The number of rotatable bonds is 0. The van der Waals surface area contributed by atoms with Crippen molar-refractivity contribution in [2.75, 3.05) is 0 Å². The van der Waals surface area contributed by atoms with Crippen molar-refractivity contribution in [2.45, 2.75) is 0 Å². The van der Waals surface area contributed by atoms with E-state index in [0.717, 1.165) is 0 Å². The van der Waals surface area contributed by atoms with Crippen LogP contribution >= 0.6 is 0 Å². The molecule has 0 radical (unpaired) electrons. The third-order valence-electron chi connectivity index (χ3n) is 0. The van der Waals surface area contributed by atoms with Gasteiger partial charge in [-0.3, -0.25) is 0 Å². The Labute approximate surface area is 91.9 Å². The molecule has 8 heavy (non-hydrogen) atoms. The van der Waals surface area contributed by atoms with Crippen LogP contribution in [-0.4, -0.2) is 68.9 Å². The molecule has 0 bridgehead atoms. The average Bonchev–Trinajstić information content (AvgIpc) is 0.722. The van der Waals surface area contributed by atoms with E-state index in [1.807, 2.05) is 0 Å². The number of hydrogen-bond acceptors (Lipinski definition) is 2. The molecule has 0 aromatic rings. The van der Waals surface area contributed by atoms with Gasteiger partial charge in [-0.15, -0.1) is 0 Å². The Morgan fingerprint density at radius 1 is 1.25 bits per heavy atom. The third kappa shape index (κ3) is 111. The van der Waals surface area contributed by atoms with E-state index in [1.165, 1.54) is 0 Å². The van der Waals surface area contributed by atoms with Gasteiger partial charge in [-0.2, -0.15) is 0 Å². The van der Waals surface area contributed by atoms with Crippen LogP contribution in [-0.2, 0) is 21.2 Å². The summed E-state index contributed by atoms with van der Waals surface area (Å²) in [5.74, 6) is 0. The fourth-order valence-corrected chi connectivity index (χ4v) is 0. The first-order valence-corrected chi connectivity index (χ1v) is 2.88. The molecule has 0 aliphatic heterocycles. The Balaban J connectivity index is -0.00000000800. The molecule has 5 nitrogen and oxygen atoms in total. The molecule has 0 unspecified atom stereocenters. The van der Waals surface area contributed by atoms with Gasteiger partial charge in [-0.25, -0.2) is 0 Å². The van der Waals surface area contributed by atoms with Gasteiger partial charge in [-0.05, 0) is 0 Å². The van der Waals surface area contributed by atoms with Gasteiger partial charge in [0.1, 0.15) is 0 Å². The first-order chi connectivity index (χ1) is 2.00.